The zero-order chi connectivity index (χ0) is 13.5. The third-order valence-electron chi connectivity index (χ3n) is 2.96. The molecule has 1 aromatic carbocycles. The standard InChI is InChI=1S/C14H21NO3/c1-3-15(4-2)14(18)13-8-6-5-7-11(13)9-12(17)10-16/h5-8,12,16-17H,3-4,9-10H2,1-2H3/t12-/m0/s1. The largest absolute Gasteiger partial charge is 0.394 e. The second-order valence-electron chi connectivity index (χ2n) is 4.18. The van der Waals surface area contributed by atoms with Crippen LogP contribution >= 0.6 is 0 Å². The summed E-state index contributed by atoms with van der Waals surface area (Å²) in [6.07, 6.45) is -0.532. The summed E-state index contributed by atoms with van der Waals surface area (Å²) in [4.78, 5) is 14.0. The number of aliphatic hydroxyl groups excluding tert-OH is 2. The summed E-state index contributed by atoms with van der Waals surface area (Å²) in [5.74, 6) is -0.0271. The van der Waals surface area contributed by atoms with Crippen molar-refractivity contribution in [3.63, 3.8) is 0 Å². The number of carbonyl (C=O) groups is 1. The lowest BCUT2D eigenvalue weighted by Crippen LogP contribution is -2.31. The Balaban J connectivity index is 2.97. The third kappa shape index (κ3) is 3.55. The van der Waals surface area contributed by atoms with Crippen LogP contribution in [0.5, 0.6) is 0 Å². The zero-order valence-corrected chi connectivity index (χ0v) is 11.0. The number of nitrogens with zero attached hydrogens (tertiary/aromatic N) is 1. The Hall–Kier alpha value is -1.39. The van der Waals surface area contributed by atoms with Gasteiger partial charge in [-0.05, 0) is 25.5 Å². The lowest BCUT2D eigenvalue weighted by molar-refractivity contribution is 0.0766. The Morgan fingerprint density at radius 3 is 2.44 bits per heavy atom. The first-order valence-electron chi connectivity index (χ1n) is 6.30. The van der Waals surface area contributed by atoms with Crippen molar-refractivity contribution in [2.45, 2.75) is 26.4 Å². The van der Waals surface area contributed by atoms with Gasteiger partial charge in [-0.2, -0.15) is 0 Å². The van der Waals surface area contributed by atoms with E-state index in [0.717, 1.165) is 5.56 Å². The number of hydrogen-bond donors (Lipinski definition) is 2. The van der Waals surface area contributed by atoms with E-state index in [1.54, 1.807) is 11.0 Å². The van der Waals surface area contributed by atoms with Crippen molar-refractivity contribution in [2.75, 3.05) is 19.7 Å². The van der Waals surface area contributed by atoms with Gasteiger partial charge in [-0.15, -0.1) is 0 Å². The fourth-order valence-electron chi connectivity index (χ4n) is 1.91. The number of rotatable bonds is 6. The van der Waals surface area contributed by atoms with E-state index in [0.29, 0.717) is 25.1 Å². The van der Waals surface area contributed by atoms with Crippen LogP contribution in [-0.4, -0.2) is 46.8 Å². The molecular weight excluding hydrogens is 230 g/mol. The summed E-state index contributed by atoms with van der Waals surface area (Å²) in [6, 6.07) is 7.22. The van der Waals surface area contributed by atoms with Crippen LogP contribution in [0.2, 0.25) is 0 Å². The van der Waals surface area contributed by atoms with Crippen LogP contribution in [0.3, 0.4) is 0 Å². The molecular formula is C14H21NO3. The monoisotopic (exact) mass is 251 g/mol. The highest BCUT2D eigenvalue weighted by Gasteiger charge is 2.17. The van der Waals surface area contributed by atoms with Gasteiger partial charge >= 0.3 is 0 Å². The molecule has 1 atom stereocenters. The van der Waals surface area contributed by atoms with Gasteiger partial charge in [0.2, 0.25) is 0 Å². The highest BCUT2D eigenvalue weighted by atomic mass is 16.3. The molecule has 0 heterocycles. The van der Waals surface area contributed by atoms with Crippen molar-refractivity contribution in [2.24, 2.45) is 0 Å². The molecule has 0 unspecified atom stereocenters. The van der Waals surface area contributed by atoms with Gasteiger partial charge in [0.15, 0.2) is 0 Å². The average Bonchev–Trinajstić information content (AvgIpc) is 2.40. The number of aliphatic hydroxyl groups is 2. The van der Waals surface area contributed by atoms with E-state index in [1.807, 2.05) is 32.0 Å². The third-order valence-corrected chi connectivity index (χ3v) is 2.96. The van der Waals surface area contributed by atoms with E-state index in [4.69, 9.17) is 5.11 Å². The van der Waals surface area contributed by atoms with Gasteiger partial charge in [0.25, 0.3) is 5.91 Å². The molecule has 0 bridgehead atoms. The zero-order valence-electron chi connectivity index (χ0n) is 11.0. The molecule has 0 spiro atoms. The van der Waals surface area contributed by atoms with Gasteiger partial charge in [-0.1, -0.05) is 18.2 Å². The van der Waals surface area contributed by atoms with E-state index < -0.39 is 6.10 Å². The van der Waals surface area contributed by atoms with E-state index in [9.17, 15) is 9.90 Å². The second-order valence-corrected chi connectivity index (χ2v) is 4.18. The van der Waals surface area contributed by atoms with Gasteiger partial charge in [0.1, 0.15) is 0 Å². The highest BCUT2D eigenvalue weighted by Crippen LogP contribution is 2.14. The maximum absolute atomic E-state index is 12.3. The molecule has 0 saturated carbocycles. The first kappa shape index (κ1) is 14.7. The summed E-state index contributed by atoms with van der Waals surface area (Å²) in [5, 5.41) is 18.4. The van der Waals surface area contributed by atoms with Crippen LogP contribution in [0.1, 0.15) is 29.8 Å². The summed E-state index contributed by atoms with van der Waals surface area (Å²) in [7, 11) is 0. The van der Waals surface area contributed by atoms with Gasteiger partial charge in [-0.3, -0.25) is 4.79 Å². The summed E-state index contributed by atoms with van der Waals surface area (Å²) in [6.45, 7) is 4.89. The van der Waals surface area contributed by atoms with Gasteiger partial charge < -0.3 is 15.1 Å². The Morgan fingerprint density at radius 2 is 1.89 bits per heavy atom. The highest BCUT2D eigenvalue weighted by molar-refractivity contribution is 5.95. The van der Waals surface area contributed by atoms with Gasteiger partial charge in [0, 0.05) is 25.1 Å². The number of amides is 1. The first-order valence-corrected chi connectivity index (χ1v) is 6.30. The molecule has 2 N–H and O–H groups in total. The number of hydrogen-bond acceptors (Lipinski definition) is 3. The smallest absolute Gasteiger partial charge is 0.254 e. The van der Waals surface area contributed by atoms with Crippen LogP contribution < -0.4 is 0 Å². The second kappa shape index (κ2) is 7.13. The fraction of sp³-hybridized carbons (Fsp3) is 0.500. The molecule has 0 aliphatic carbocycles. The maximum Gasteiger partial charge on any atom is 0.254 e. The van der Waals surface area contributed by atoms with Crippen molar-refractivity contribution >= 4 is 5.91 Å². The summed E-state index contributed by atoms with van der Waals surface area (Å²) >= 11 is 0. The summed E-state index contributed by atoms with van der Waals surface area (Å²) < 4.78 is 0. The minimum Gasteiger partial charge on any atom is -0.394 e. The van der Waals surface area contributed by atoms with E-state index in [1.165, 1.54) is 0 Å². The van der Waals surface area contributed by atoms with Crippen molar-refractivity contribution in [3.8, 4) is 0 Å². The number of benzene rings is 1. The van der Waals surface area contributed by atoms with E-state index in [2.05, 4.69) is 0 Å². The van der Waals surface area contributed by atoms with Crippen LogP contribution in [-0.2, 0) is 6.42 Å². The molecule has 0 aliphatic heterocycles. The van der Waals surface area contributed by atoms with E-state index in [-0.39, 0.29) is 12.5 Å². The SMILES string of the molecule is CCN(CC)C(=O)c1ccccc1C[C@H](O)CO. The topological polar surface area (TPSA) is 60.8 Å². The first-order chi connectivity index (χ1) is 8.63. The van der Waals surface area contributed by atoms with Crippen molar-refractivity contribution in [1.29, 1.82) is 0 Å². The molecule has 4 heteroatoms. The fourth-order valence-corrected chi connectivity index (χ4v) is 1.91. The maximum atomic E-state index is 12.3. The molecule has 1 rings (SSSR count). The quantitative estimate of drug-likeness (QED) is 0.795. The van der Waals surface area contributed by atoms with Crippen LogP contribution in [0.25, 0.3) is 0 Å². The molecule has 0 aliphatic rings. The molecule has 4 nitrogen and oxygen atoms in total. The van der Waals surface area contributed by atoms with Gasteiger partial charge in [-0.25, -0.2) is 0 Å². The van der Waals surface area contributed by atoms with Crippen LogP contribution in [0.4, 0.5) is 0 Å². The molecule has 1 amide bonds. The van der Waals surface area contributed by atoms with Crippen molar-refractivity contribution in [3.05, 3.63) is 35.4 Å². The normalized spacial score (nSPS) is 12.2. The molecule has 0 saturated heterocycles. The molecule has 0 fully saturated rings. The predicted octanol–water partition coefficient (Wildman–Crippen LogP) is 1.06. The molecule has 100 valence electrons. The van der Waals surface area contributed by atoms with E-state index >= 15 is 0 Å². The molecule has 0 radical (unpaired) electrons. The molecule has 1 aromatic rings. The lowest BCUT2D eigenvalue weighted by Gasteiger charge is -2.21. The van der Waals surface area contributed by atoms with Crippen LogP contribution in [0, 0.1) is 0 Å². The molecule has 0 aromatic heterocycles. The Morgan fingerprint density at radius 1 is 1.28 bits per heavy atom. The minimum absolute atomic E-state index is 0.0271. The van der Waals surface area contributed by atoms with Crippen LogP contribution in [0.15, 0.2) is 24.3 Å². The number of carbonyl (C=O) groups excluding carboxylic acids is 1. The predicted molar refractivity (Wildman–Crippen MR) is 70.5 cm³/mol. The Bertz CT molecular complexity index is 388. The summed E-state index contributed by atoms with van der Waals surface area (Å²) in [5.41, 5.74) is 1.38. The Kier molecular flexibility index (Phi) is 5.82. The molecule has 18 heavy (non-hydrogen) atoms. The van der Waals surface area contributed by atoms with Crippen molar-refractivity contribution < 1.29 is 15.0 Å². The van der Waals surface area contributed by atoms with Crippen molar-refractivity contribution in [1.82, 2.24) is 4.90 Å². The minimum atomic E-state index is -0.823. The van der Waals surface area contributed by atoms with Gasteiger partial charge in [0.05, 0.1) is 12.7 Å². The Labute approximate surface area is 108 Å². The average molecular weight is 251 g/mol. The lowest BCUT2D eigenvalue weighted by atomic mass is 10.0.